The van der Waals surface area contributed by atoms with Gasteiger partial charge in [0.15, 0.2) is 0 Å². The summed E-state index contributed by atoms with van der Waals surface area (Å²) in [4.78, 5) is 13.3. The fourth-order valence-electron chi connectivity index (χ4n) is 4.33. The lowest BCUT2D eigenvalue weighted by molar-refractivity contribution is -0.127. The van der Waals surface area contributed by atoms with E-state index in [9.17, 15) is 13.2 Å². The van der Waals surface area contributed by atoms with E-state index in [1.807, 2.05) is 19.9 Å². The Morgan fingerprint density at radius 1 is 0.935 bits per heavy atom. The Hall–Kier alpha value is -2.18. The number of carbonyl (C=O) groups is 1. The average molecular weight is 441 g/mol. The second-order valence-electron chi connectivity index (χ2n) is 9.16. The van der Waals surface area contributed by atoms with Crippen LogP contribution in [0.5, 0.6) is 0 Å². The van der Waals surface area contributed by atoms with Crippen LogP contribution < -0.4 is 5.32 Å². The summed E-state index contributed by atoms with van der Waals surface area (Å²) in [6.45, 7) is 6.72. The number of rotatable bonds is 6. The summed E-state index contributed by atoms with van der Waals surface area (Å²) in [6.07, 6.45) is 3.40. The smallest absolute Gasteiger partial charge is 0.243 e. The van der Waals surface area contributed by atoms with Crippen molar-refractivity contribution in [3.63, 3.8) is 0 Å². The maximum atomic E-state index is 13.0. The summed E-state index contributed by atoms with van der Waals surface area (Å²) < 4.78 is 27.6. The fraction of sp³-hybridized carbons (Fsp3) is 0.480. The summed E-state index contributed by atoms with van der Waals surface area (Å²) in [5.41, 5.74) is 4.42. The maximum absolute atomic E-state index is 13.0. The van der Waals surface area contributed by atoms with Crippen LogP contribution in [0.3, 0.4) is 0 Å². The molecule has 5 nitrogen and oxygen atoms in total. The van der Waals surface area contributed by atoms with Crippen molar-refractivity contribution in [3.05, 3.63) is 64.7 Å². The Labute approximate surface area is 185 Å². The standard InChI is InChI=1S/C25H32N2O3S/c1-17-4-7-20(8-5-17)24(21-9-10-21)26-25(28)22-12-14-27(15-13-22)31(29,30)23-11-6-18(2)19(3)16-23/h4-8,11,16,21-22,24H,9-10,12-15H2,1-3H3,(H,26,28)/t24-/m1/s1. The number of amides is 1. The van der Waals surface area contributed by atoms with Crippen LogP contribution >= 0.6 is 0 Å². The fourth-order valence-corrected chi connectivity index (χ4v) is 5.88. The number of carbonyl (C=O) groups excluding carboxylic acids is 1. The molecule has 31 heavy (non-hydrogen) atoms. The van der Waals surface area contributed by atoms with Crippen molar-refractivity contribution in [1.29, 1.82) is 0 Å². The first-order valence-electron chi connectivity index (χ1n) is 11.2. The molecule has 1 amide bonds. The van der Waals surface area contributed by atoms with Gasteiger partial charge >= 0.3 is 0 Å². The third kappa shape index (κ3) is 4.85. The van der Waals surface area contributed by atoms with Gasteiger partial charge in [-0.2, -0.15) is 4.31 Å². The van der Waals surface area contributed by atoms with Gasteiger partial charge in [0.05, 0.1) is 10.9 Å². The molecule has 1 aliphatic carbocycles. The number of nitrogens with zero attached hydrogens (tertiary/aromatic N) is 1. The second-order valence-corrected chi connectivity index (χ2v) is 11.1. The van der Waals surface area contributed by atoms with E-state index < -0.39 is 10.0 Å². The Balaban J connectivity index is 1.39. The van der Waals surface area contributed by atoms with Gasteiger partial charge in [0.2, 0.25) is 15.9 Å². The molecular weight excluding hydrogens is 408 g/mol. The Bertz CT molecular complexity index is 1050. The Morgan fingerprint density at radius 2 is 1.58 bits per heavy atom. The lowest BCUT2D eigenvalue weighted by atomic mass is 9.95. The summed E-state index contributed by atoms with van der Waals surface area (Å²) in [7, 11) is -3.52. The predicted molar refractivity (Wildman–Crippen MR) is 122 cm³/mol. The molecule has 6 heteroatoms. The SMILES string of the molecule is Cc1ccc([C@@H](NC(=O)C2CCN(S(=O)(=O)c3ccc(C)c(C)c3)CC2)C2CC2)cc1. The molecule has 0 spiro atoms. The van der Waals surface area contributed by atoms with Crippen molar-refractivity contribution >= 4 is 15.9 Å². The number of piperidine rings is 1. The quantitative estimate of drug-likeness (QED) is 0.729. The van der Waals surface area contributed by atoms with E-state index in [2.05, 4.69) is 36.5 Å². The Morgan fingerprint density at radius 3 is 2.16 bits per heavy atom. The van der Waals surface area contributed by atoms with Crippen LogP contribution in [0, 0.1) is 32.6 Å². The summed E-state index contributed by atoms with van der Waals surface area (Å²) in [6, 6.07) is 13.7. The van der Waals surface area contributed by atoms with Gasteiger partial charge in [-0.05, 0) is 81.2 Å². The maximum Gasteiger partial charge on any atom is 0.243 e. The molecule has 0 bridgehead atoms. The monoisotopic (exact) mass is 440 g/mol. The van der Waals surface area contributed by atoms with Crippen LogP contribution in [-0.4, -0.2) is 31.7 Å². The third-order valence-electron chi connectivity index (χ3n) is 6.77. The second kappa shape index (κ2) is 8.75. The average Bonchev–Trinajstić information content (AvgIpc) is 3.60. The van der Waals surface area contributed by atoms with Crippen LogP contribution in [0.1, 0.15) is 54.0 Å². The molecular formula is C25H32N2O3S. The first kappa shape index (κ1) is 22.0. The van der Waals surface area contributed by atoms with Crippen molar-refractivity contribution in [2.45, 2.75) is 57.4 Å². The molecule has 0 unspecified atom stereocenters. The summed E-state index contributed by atoms with van der Waals surface area (Å²) in [5.74, 6) is 0.426. The van der Waals surface area contributed by atoms with Gasteiger partial charge in [-0.1, -0.05) is 35.9 Å². The van der Waals surface area contributed by atoms with Crippen molar-refractivity contribution in [2.24, 2.45) is 11.8 Å². The van der Waals surface area contributed by atoms with Crippen LogP contribution in [-0.2, 0) is 14.8 Å². The van der Waals surface area contributed by atoms with Crippen LogP contribution in [0.25, 0.3) is 0 Å². The first-order valence-corrected chi connectivity index (χ1v) is 12.6. The van der Waals surface area contributed by atoms with E-state index in [0.717, 1.165) is 29.5 Å². The minimum Gasteiger partial charge on any atom is -0.349 e. The normalized spacial score (nSPS) is 19.2. The molecule has 166 valence electrons. The molecule has 1 heterocycles. The highest BCUT2D eigenvalue weighted by Crippen LogP contribution is 2.41. The third-order valence-corrected chi connectivity index (χ3v) is 8.66. The van der Waals surface area contributed by atoms with Crippen LogP contribution in [0.15, 0.2) is 47.4 Å². The zero-order valence-corrected chi connectivity index (χ0v) is 19.4. The highest BCUT2D eigenvalue weighted by Gasteiger charge is 2.37. The molecule has 1 N–H and O–H groups in total. The van der Waals surface area contributed by atoms with E-state index in [0.29, 0.717) is 36.7 Å². The lowest BCUT2D eigenvalue weighted by Crippen LogP contribution is -2.44. The van der Waals surface area contributed by atoms with Gasteiger partial charge < -0.3 is 5.32 Å². The molecule has 4 rings (SSSR count). The number of hydrogen-bond donors (Lipinski definition) is 1. The number of nitrogens with one attached hydrogen (secondary N) is 1. The molecule has 2 aromatic rings. The topological polar surface area (TPSA) is 66.5 Å². The minimum absolute atomic E-state index is 0.0562. The van der Waals surface area contributed by atoms with Crippen LogP contribution in [0.2, 0.25) is 0 Å². The zero-order valence-electron chi connectivity index (χ0n) is 18.6. The van der Waals surface area contributed by atoms with Crippen LogP contribution in [0.4, 0.5) is 0 Å². The van der Waals surface area contributed by atoms with Gasteiger partial charge in [0.1, 0.15) is 0 Å². The van der Waals surface area contributed by atoms with E-state index in [1.54, 1.807) is 12.1 Å². The largest absolute Gasteiger partial charge is 0.349 e. The first-order chi connectivity index (χ1) is 14.8. The van der Waals surface area contributed by atoms with Gasteiger partial charge in [-0.25, -0.2) is 8.42 Å². The molecule has 2 aromatic carbocycles. The number of benzene rings is 2. The molecule has 1 aliphatic heterocycles. The number of sulfonamides is 1. The van der Waals surface area contributed by atoms with E-state index in [-0.39, 0.29) is 17.9 Å². The summed E-state index contributed by atoms with van der Waals surface area (Å²) >= 11 is 0. The lowest BCUT2D eigenvalue weighted by Gasteiger charge is -2.31. The molecule has 1 atom stereocenters. The summed E-state index contributed by atoms with van der Waals surface area (Å²) in [5, 5.41) is 3.28. The highest BCUT2D eigenvalue weighted by atomic mass is 32.2. The van der Waals surface area contributed by atoms with Gasteiger partial charge in [-0.15, -0.1) is 0 Å². The molecule has 2 fully saturated rings. The molecule has 1 saturated carbocycles. The molecule has 2 aliphatic rings. The van der Waals surface area contributed by atoms with E-state index in [4.69, 9.17) is 0 Å². The molecule has 0 radical (unpaired) electrons. The number of hydrogen-bond acceptors (Lipinski definition) is 3. The van der Waals surface area contributed by atoms with Crippen molar-refractivity contribution in [1.82, 2.24) is 9.62 Å². The number of aryl methyl sites for hydroxylation is 3. The van der Waals surface area contributed by atoms with Crippen molar-refractivity contribution in [2.75, 3.05) is 13.1 Å². The molecule has 0 aromatic heterocycles. The zero-order chi connectivity index (χ0) is 22.2. The van der Waals surface area contributed by atoms with Gasteiger partial charge in [0.25, 0.3) is 0 Å². The van der Waals surface area contributed by atoms with E-state index in [1.165, 1.54) is 9.87 Å². The van der Waals surface area contributed by atoms with Gasteiger partial charge in [-0.3, -0.25) is 4.79 Å². The van der Waals surface area contributed by atoms with Crippen molar-refractivity contribution in [3.8, 4) is 0 Å². The minimum atomic E-state index is -3.52. The van der Waals surface area contributed by atoms with Crippen molar-refractivity contribution < 1.29 is 13.2 Å². The highest BCUT2D eigenvalue weighted by molar-refractivity contribution is 7.89. The van der Waals surface area contributed by atoms with E-state index >= 15 is 0 Å². The molecule has 1 saturated heterocycles. The van der Waals surface area contributed by atoms with Gasteiger partial charge in [0, 0.05) is 19.0 Å². The Kier molecular flexibility index (Phi) is 6.22. The predicted octanol–water partition coefficient (Wildman–Crippen LogP) is 4.28.